The molecule has 28 heavy (non-hydrogen) atoms. The maximum atomic E-state index is 12.7. The van der Waals surface area contributed by atoms with Gasteiger partial charge in [0.2, 0.25) is 5.91 Å². The number of nitrogens with zero attached hydrogens (tertiary/aromatic N) is 2. The summed E-state index contributed by atoms with van der Waals surface area (Å²) in [5, 5.41) is 9.29. The Hall–Kier alpha value is -3.11. The van der Waals surface area contributed by atoms with Crippen LogP contribution in [0.3, 0.4) is 0 Å². The van der Waals surface area contributed by atoms with Gasteiger partial charge >= 0.3 is 0 Å². The number of nitrogens with one attached hydrogen (secondary N) is 1. The van der Waals surface area contributed by atoms with E-state index in [1.54, 1.807) is 4.68 Å². The molecule has 1 heterocycles. The first-order valence-corrected chi connectivity index (χ1v) is 9.48. The fourth-order valence-electron chi connectivity index (χ4n) is 3.29. The SMILES string of the molecule is Cc1cccc(NC(=O)Cn2nc(-c3ccccc3)c3cc(Cl)ccc32)c1C. The van der Waals surface area contributed by atoms with Crippen LogP contribution in [0, 0.1) is 13.8 Å². The van der Waals surface area contributed by atoms with Crippen LogP contribution in [0.25, 0.3) is 22.2 Å². The second kappa shape index (κ2) is 7.49. The number of carbonyl (C=O) groups is 1. The Morgan fingerprint density at radius 2 is 1.82 bits per heavy atom. The highest BCUT2D eigenvalue weighted by molar-refractivity contribution is 6.31. The lowest BCUT2D eigenvalue weighted by atomic mass is 10.1. The van der Waals surface area contributed by atoms with Crippen molar-refractivity contribution in [3.05, 3.63) is 82.9 Å². The molecule has 0 aliphatic rings. The summed E-state index contributed by atoms with van der Waals surface area (Å²) in [4.78, 5) is 12.7. The molecule has 3 aromatic carbocycles. The largest absolute Gasteiger partial charge is 0.324 e. The highest BCUT2D eigenvalue weighted by atomic mass is 35.5. The van der Waals surface area contributed by atoms with Crippen LogP contribution in [-0.4, -0.2) is 15.7 Å². The van der Waals surface area contributed by atoms with Crippen LogP contribution < -0.4 is 5.32 Å². The molecule has 0 spiro atoms. The Morgan fingerprint density at radius 3 is 2.61 bits per heavy atom. The zero-order chi connectivity index (χ0) is 19.7. The fourth-order valence-corrected chi connectivity index (χ4v) is 3.47. The average Bonchev–Trinajstić information content (AvgIpc) is 3.03. The predicted molar refractivity (Wildman–Crippen MR) is 115 cm³/mol. The van der Waals surface area contributed by atoms with Crippen molar-refractivity contribution in [2.45, 2.75) is 20.4 Å². The Morgan fingerprint density at radius 1 is 1.04 bits per heavy atom. The molecule has 4 aromatic rings. The highest BCUT2D eigenvalue weighted by Crippen LogP contribution is 2.30. The van der Waals surface area contributed by atoms with Gasteiger partial charge in [0.1, 0.15) is 12.2 Å². The Kier molecular flexibility index (Phi) is 4.88. The van der Waals surface area contributed by atoms with Gasteiger partial charge in [-0.3, -0.25) is 9.48 Å². The summed E-state index contributed by atoms with van der Waals surface area (Å²) in [5.41, 5.74) is 5.72. The summed E-state index contributed by atoms with van der Waals surface area (Å²) in [6.07, 6.45) is 0. The monoisotopic (exact) mass is 389 g/mol. The summed E-state index contributed by atoms with van der Waals surface area (Å²) in [6.45, 7) is 4.16. The van der Waals surface area contributed by atoms with Crippen LogP contribution in [0.2, 0.25) is 5.02 Å². The van der Waals surface area contributed by atoms with Crippen molar-refractivity contribution in [1.29, 1.82) is 0 Å². The van der Waals surface area contributed by atoms with Gasteiger partial charge in [0.15, 0.2) is 0 Å². The zero-order valence-corrected chi connectivity index (χ0v) is 16.5. The van der Waals surface area contributed by atoms with E-state index in [9.17, 15) is 4.79 Å². The van der Waals surface area contributed by atoms with Crippen molar-refractivity contribution in [3.63, 3.8) is 0 Å². The van der Waals surface area contributed by atoms with Crippen molar-refractivity contribution in [2.75, 3.05) is 5.32 Å². The van der Waals surface area contributed by atoms with Gasteiger partial charge in [-0.2, -0.15) is 5.10 Å². The number of fused-ring (bicyclic) bond motifs is 1. The van der Waals surface area contributed by atoms with E-state index in [-0.39, 0.29) is 12.5 Å². The lowest BCUT2D eigenvalue weighted by molar-refractivity contribution is -0.116. The van der Waals surface area contributed by atoms with Crippen molar-refractivity contribution < 1.29 is 4.79 Å². The van der Waals surface area contributed by atoms with E-state index in [0.717, 1.165) is 39.0 Å². The second-order valence-electron chi connectivity index (χ2n) is 6.83. The molecular formula is C23H20ClN3O. The van der Waals surface area contributed by atoms with Crippen LogP contribution in [0.15, 0.2) is 66.7 Å². The Labute approximate surface area is 168 Å². The van der Waals surface area contributed by atoms with Crippen molar-refractivity contribution >= 4 is 34.1 Å². The first-order chi connectivity index (χ1) is 13.5. The average molecular weight is 390 g/mol. The number of benzene rings is 3. The van der Waals surface area contributed by atoms with E-state index < -0.39 is 0 Å². The number of aryl methyl sites for hydroxylation is 1. The lowest BCUT2D eigenvalue weighted by Gasteiger charge is -2.10. The molecule has 140 valence electrons. The first-order valence-electron chi connectivity index (χ1n) is 9.10. The minimum atomic E-state index is -0.118. The van der Waals surface area contributed by atoms with E-state index >= 15 is 0 Å². The third-order valence-corrected chi connectivity index (χ3v) is 5.17. The molecule has 0 radical (unpaired) electrons. The second-order valence-corrected chi connectivity index (χ2v) is 7.27. The summed E-state index contributed by atoms with van der Waals surface area (Å²) < 4.78 is 1.73. The number of anilines is 1. The van der Waals surface area contributed by atoms with E-state index in [1.165, 1.54) is 0 Å². The summed E-state index contributed by atoms with van der Waals surface area (Å²) in [5.74, 6) is -0.118. The molecule has 1 amide bonds. The molecule has 0 aliphatic carbocycles. The van der Waals surface area contributed by atoms with Gasteiger partial charge in [-0.15, -0.1) is 0 Å². The number of amides is 1. The van der Waals surface area contributed by atoms with E-state index in [4.69, 9.17) is 16.7 Å². The van der Waals surface area contributed by atoms with Gasteiger partial charge in [-0.25, -0.2) is 0 Å². The molecule has 1 aromatic heterocycles. The summed E-state index contributed by atoms with van der Waals surface area (Å²) in [7, 11) is 0. The topological polar surface area (TPSA) is 46.9 Å². The molecular weight excluding hydrogens is 370 g/mol. The number of halogens is 1. The zero-order valence-electron chi connectivity index (χ0n) is 15.7. The molecule has 1 N–H and O–H groups in total. The maximum absolute atomic E-state index is 12.7. The van der Waals surface area contributed by atoms with Gasteiger partial charge < -0.3 is 5.32 Å². The fraction of sp³-hybridized carbons (Fsp3) is 0.130. The summed E-state index contributed by atoms with van der Waals surface area (Å²) in [6, 6.07) is 21.4. The predicted octanol–water partition coefficient (Wildman–Crippen LogP) is 5.61. The van der Waals surface area contributed by atoms with Crippen molar-refractivity contribution in [1.82, 2.24) is 9.78 Å². The quantitative estimate of drug-likeness (QED) is 0.493. The number of rotatable bonds is 4. The van der Waals surface area contributed by atoms with Gasteiger partial charge in [-0.05, 0) is 49.2 Å². The molecule has 0 fully saturated rings. The summed E-state index contributed by atoms with van der Waals surface area (Å²) >= 11 is 6.22. The van der Waals surface area contributed by atoms with Gasteiger partial charge in [0, 0.05) is 21.7 Å². The number of hydrogen-bond acceptors (Lipinski definition) is 2. The van der Waals surface area contributed by atoms with Gasteiger partial charge in [0.05, 0.1) is 5.52 Å². The van der Waals surface area contributed by atoms with Crippen LogP contribution in [-0.2, 0) is 11.3 Å². The Balaban J connectivity index is 1.69. The van der Waals surface area contributed by atoms with E-state index in [0.29, 0.717) is 5.02 Å². The standard InChI is InChI=1S/C23H20ClN3O/c1-15-7-6-10-20(16(15)2)25-22(28)14-27-21-12-11-18(24)13-19(21)23(26-27)17-8-4-3-5-9-17/h3-13H,14H2,1-2H3,(H,25,28). The molecule has 5 heteroatoms. The normalized spacial score (nSPS) is 11.0. The number of hydrogen-bond donors (Lipinski definition) is 1. The van der Waals surface area contributed by atoms with Crippen LogP contribution in [0.4, 0.5) is 5.69 Å². The van der Waals surface area contributed by atoms with E-state index in [2.05, 4.69) is 5.32 Å². The van der Waals surface area contributed by atoms with Gasteiger partial charge in [-0.1, -0.05) is 54.1 Å². The molecule has 0 saturated carbocycles. The van der Waals surface area contributed by atoms with Crippen molar-refractivity contribution in [3.8, 4) is 11.3 Å². The van der Waals surface area contributed by atoms with E-state index in [1.807, 2.05) is 80.6 Å². The molecule has 0 aliphatic heterocycles. The smallest absolute Gasteiger partial charge is 0.246 e. The molecule has 4 nitrogen and oxygen atoms in total. The van der Waals surface area contributed by atoms with Crippen LogP contribution in [0.1, 0.15) is 11.1 Å². The number of aromatic nitrogens is 2. The van der Waals surface area contributed by atoms with Gasteiger partial charge in [0.25, 0.3) is 0 Å². The lowest BCUT2D eigenvalue weighted by Crippen LogP contribution is -2.20. The Bertz CT molecular complexity index is 1170. The minimum Gasteiger partial charge on any atom is -0.324 e. The third-order valence-electron chi connectivity index (χ3n) is 4.93. The van der Waals surface area contributed by atoms with Crippen LogP contribution >= 0.6 is 11.6 Å². The van der Waals surface area contributed by atoms with Crippen molar-refractivity contribution in [2.24, 2.45) is 0 Å². The molecule has 0 unspecified atom stereocenters. The molecule has 0 saturated heterocycles. The highest BCUT2D eigenvalue weighted by Gasteiger charge is 2.15. The molecule has 4 rings (SSSR count). The minimum absolute atomic E-state index is 0.118. The maximum Gasteiger partial charge on any atom is 0.246 e. The third kappa shape index (κ3) is 3.51. The molecule has 0 atom stereocenters. The van der Waals surface area contributed by atoms with Crippen LogP contribution in [0.5, 0.6) is 0 Å². The molecule has 0 bridgehead atoms. The first kappa shape index (κ1) is 18.3. The number of carbonyl (C=O) groups excluding carboxylic acids is 1.